The van der Waals surface area contributed by atoms with Crippen LogP contribution >= 0.6 is 0 Å². The first-order valence-corrected chi connectivity index (χ1v) is 9.56. The second-order valence-corrected chi connectivity index (χ2v) is 6.67. The van der Waals surface area contributed by atoms with Crippen LogP contribution < -0.4 is 16.0 Å². The van der Waals surface area contributed by atoms with E-state index in [9.17, 15) is 4.79 Å². The van der Waals surface area contributed by atoms with Crippen molar-refractivity contribution in [2.75, 3.05) is 20.1 Å². The van der Waals surface area contributed by atoms with Crippen molar-refractivity contribution in [1.29, 1.82) is 0 Å². The number of carbonyl (C=O) groups excluding carboxylic acids is 1. The van der Waals surface area contributed by atoms with Crippen molar-refractivity contribution in [2.24, 2.45) is 4.99 Å². The van der Waals surface area contributed by atoms with E-state index in [2.05, 4.69) is 45.2 Å². The van der Waals surface area contributed by atoms with Gasteiger partial charge in [-0.1, -0.05) is 49.6 Å². The zero-order valence-electron chi connectivity index (χ0n) is 15.4. The topological polar surface area (TPSA) is 65.5 Å². The summed E-state index contributed by atoms with van der Waals surface area (Å²) in [5.41, 5.74) is 1.35. The van der Waals surface area contributed by atoms with E-state index in [1.54, 1.807) is 7.05 Å². The van der Waals surface area contributed by atoms with E-state index in [1.807, 2.05) is 6.07 Å². The van der Waals surface area contributed by atoms with Gasteiger partial charge in [0, 0.05) is 32.6 Å². The first kappa shape index (κ1) is 19.3. The highest BCUT2D eigenvalue weighted by atomic mass is 16.1. The van der Waals surface area contributed by atoms with Gasteiger partial charge in [-0.05, 0) is 31.2 Å². The minimum atomic E-state index is 0.138. The van der Waals surface area contributed by atoms with Crippen molar-refractivity contribution < 1.29 is 4.79 Å². The third kappa shape index (κ3) is 8.05. The molecule has 3 N–H and O–H groups in total. The lowest BCUT2D eigenvalue weighted by molar-refractivity contribution is -0.121. The third-order valence-electron chi connectivity index (χ3n) is 4.62. The number of amides is 1. The molecule has 1 aromatic rings. The van der Waals surface area contributed by atoms with Gasteiger partial charge in [0.1, 0.15) is 0 Å². The van der Waals surface area contributed by atoms with Gasteiger partial charge < -0.3 is 16.0 Å². The minimum absolute atomic E-state index is 0.138. The van der Waals surface area contributed by atoms with Crippen molar-refractivity contribution >= 4 is 11.9 Å². The molecule has 1 aliphatic rings. The Hall–Kier alpha value is -2.04. The van der Waals surface area contributed by atoms with Crippen LogP contribution in [0, 0.1) is 0 Å². The summed E-state index contributed by atoms with van der Waals surface area (Å²) in [7, 11) is 1.76. The number of hydrogen-bond donors (Lipinski definition) is 3. The molecule has 0 aliphatic heterocycles. The molecule has 5 heteroatoms. The second-order valence-electron chi connectivity index (χ2n) is 6.67. The lowest BCUT2D eigenvalue weighted by Gasteiger charge is -2.22. The number of nitrogens with one attached hydrogen (secondary N) is 3. The normalized spacial score (nSPS) is 15.6. The van der Waals surface area contributed by atoms with Gasteiger partial charge in [-0.3, -0.25) is 9.79 Å². The average molecular weight is 345 g/mol. The number of hydrogen-bond acceptors (Lipinski definition) is 2. The second kappa shape index (κ2) is 11.5. The predicted octanol–water partition coefficient (Wildman–Crippen LogP) is 2.62. The summed E-state index contributed by atoms with van der Waals surface area (Å²) in [6, 6.07) is 10.9. The van der Waals surface area contributed by atoms with E-state index in [4.69, 9.17) is 0 Å². The summed E-state index contributed by atoms with van der Waals surface area (Å²) < 4.78 is 0. The van der Waals surface area contributed by atoms with E-state index < -0.39 is 0 Å². The van der Waals surface area contributed by atoms with Crippen LogP contribution in [0.25, 0.3) is 0 Å². The predicted molar refractivity (Wildman–Crippen MR) is 104 cm³/mol. The van der Waals surface area contributed by atoms with Crippen LogP contribution in [0.2, 0.25) is 0 Å². The molecule has 5 nitrogen and oxygen atoms in total. The Bertz CT molecular complexity index is 524. The molecular weight excluding hydrogens is 312 g/mol. The number of nitrogens with zero attached hydrogens (tertiary/aromatic N) is 1. The molecule has 0 aromatic heterocycles. The van der Waals surface area contributed by atoms with Crippen molar-refractivity contribution in [3.63, 3.8) is 0 Å². The van der Waals surface area contributed by atoms with Crippen molar-refractivity contribution in [2.45, 2.75) is 57.4 Å². The molecule has 0 spiro atoms. The van der Waals surface area contributed by atoms with Crippen LogP contribution in [0.15, 0.2) is 35.3 Å². The first-order chi connectivity index (χ1) is 12.3. The van der Waals surface area contributed by atoms with Crippen LogP contribution in [-0.4, -0.2) is 38.0 Å². The van der Waals surface area contributed by atoms with Crippen molar-refractivity contribution in [3.8, 4) is 0 Å². The van der Waals surface area contributed by atoms with Gasteiger partial charge >= 0.3 is 0 Å². The number of guanidine groups is 1. The lowest BCUT2D eigenvalue weighted by atomic mass is 9.95. The molecule has 0 unspecified atom stereocenters. The van der Waals surface area contributed by atoms with Crippen molar-refractivity contribution in [1.82, 2.24) is 16.0 Å². The molecule has 0 radical (unpaired) electrons. The van der Waals surface area contributed by atoms with Gasteiger partial charge in [0.05, 0.1) is 0 Å². The molecule has 1 fully saturated rings. The average Bonchev–Trinajstić information content (AvgIpc) is 2.65. The fourth-order valence-corrected chi connectivity index (χ4v) is 3.21. The maximum absolute atomic E-state index is 12.0. The van der Waals surface area contributed by atoms with E-state index in [1.165, 1.54) is 24.8 Å². The zero-order chi connectivity index (χ0) is 17.7. The van der Waals surface area contributed by atoms with E-state index in [0.717, 1.165) is 38.2 Å². The fraction of sp³-hybridized carbons (Fsp3) is 0.600. The maximum atomic E-state index is 12.0. The van der Waals surface area contributed by atoms with E-state index in [-0.39, 0.29) is 5.91 Å². The molecule has 0 heterocycles. The highest BCUT2D eigenvalue weighted by molar-refractivity contribution is 5.81. The molecular formula is C20H32N4O. The highest BCUT2D eigenvalue weighted by Crippen LogP contribution is 2.17. The largest absolute Gasteiger partial charge is 0.356 e. The van der Waals surface area contributed by atoms with Crippen LogP contribution in [0.1, 0.15) is 50.5 Å². The molecule has 0 saturated heterocycles. The number of aliphatic imine (C=N–C) groups is 1. The lowest BCUT2D eigenvalue weighted by Crippen LogP contribution is -2.41. The van der Waals surface area contributed by atoms with Gasteiger partial charge in [-0.15, -0.1) is 0 Å². The first-order valence-electron chi connectivity index (χ1n) is 9.56. The summed E-state index contributed by atoms with van der Waals surface area (Å²) in [4.78, 5) is 16.2. The zero-order valence-corrected chi connectivity index (χ0v) is 15.4. The number of rotatable bonds is 8. The minimum Gasteiger partial charge on any atom is -0.356 e. The summed E-state index contributed by atoms with van der Waals surface area (Å²) in [6.07, 6.45) is 8.63. The molecule has 1 aliphatic carbocycles. The quantitative estimate of drug-likeness (QED) is 0.386. The molecule has 2 rings (SSSR count). The summed E-state index contributed by atoms with van der Waals surface area (Å²) in [5.74, 6) is 0.900. The Morgan fingerprint density at radius 1 is 1.08 bits per heavy atom. The maximum Gasteiger partial charge on any atom is 0.221 e. The Balaban J connectivity index is 1.54. The highest BCUT2D eigenvalue weighted by Gasteiger charge is 2.15. The fourth-order valence-electron chi connectivity index (χ4n) is 3.21. The van der Waals surface area contributed by atoms with Gasteiger partial charge in [0.15, 0.2) is 5.96 Å². The molecule has 0 bridgehead atoms. The summed E-state index contributed by atoms with van der Waals surface area (Å²) in [5, 5.41) is 9.66. The monoisotopic (exact) mass is 344 g/mol. The summed E-state index contributed by atoms with van der Waals surface area (Å²) >= 11 is 0. The molecule has 0 atom stereocenters. The van der Waals surface area contributed by atoms with Crippen LogP contribution in [0.4, 0.5) is 0 Å². The number of carbonyl (C=O) groups is 1. The third-order valence-corrected chi connectivity index (χ3v) is 4.62. The molecule has 1 amide bonds. The molecule has 25 heavy (non-hydrogen) atoms. The molecule has 138 valence electrons. The van der Waals surface area contributed by atoms with Crippen LogP contribution in [0.5, 0.6) is 0 Å². The Kier molecular flexibility index (Phi) is 8.87. The van der Waals surface area contributed by atoms with Crippen LogP contribution in [-0.2, 0) is 11.2 Å². The Labute approximate surface area is 151 Å². The summed E-state index contributed by atoms with van der Waals surface area (Å²) in [6.45, 7) is 1.47. The van der Waals surface area contributed by atoms with E-state index >= 15 is 0 Å². The number of aryl methyl sites for hydroxylation is 1. The standard InChI is InChI=1S/C20H32N4O/c1-21-20(22-15-8-11-17-9-4-2-5-10-17)23-16-14-19(25)24-18-12-6-3-7-13-18/h2,4-5,9-10,18H,3,6-8,11-16H2,1H3,(H,24,25)(H2,21,22,23). The Morgan fingerprint density at radius 2 is 1.80 bits per heavy atom. The smallest absolute Gasteiger partial charge is 0.221 e. The van der Waals surface area contributed by atoms with E-state index in [0.29, 0.717) is 19.0 Å². The van der Waals surface area contributed by atoms with Crippen LogP contribution in [0.3, 0.4) is 0 Å². The van der Waals surface area contributed by atoms with Crippen molar-refractivity contribution in [3.05, 3.63) is 35.9 Å². The van der Waals surface area contributed by atoms with Gasteiger partial charge in [-0.25, -0.2) is 0 Å². The number of benzene rings is 1. The molecule has 1 saturated carbocycles. The van der Waals surface area contributed by atoms with Gasteiger partial charge in [-0.2, -0.15) is 0 Å². The van der Waals surface area contributed by atoms with Gasteiger partial charge in [0.25, 0.3) is 0 Å². The van der Waals surface area contributed by atoms with Gasteiger partial charge in [0.2, 0.25) is 5.91 Å². The SMILES string of the molecule is CN=C(NCCCc1ccccc1)NCCC(=O)NC1CCCCC1. The molecule has 1 aromatic carbocycles. The Morgan fingerprint density at radius 3 is 2.52 bits per heavy atom.